The molecule has 2 aliphatic rings. The van der Waals surface area contributed by atoms with Crippen LogP contribution in [-0.4, -0.2) is 49.2 Å². The summed E-state index contributed by atoms with van der Waals surface area (Å²) in [4.78, 5) is 26.2. The van der Waals surface area contributed by atoms with Crippen molar-refractivity contribution in [3.05, 3.63) is 24.3 Å². The van der Waals surface area contributed by atoms with E-state index in [0.717, 1.165) is 12.8 Å². The summed E-state index contributed by atoms with van der Waals surface area (Å²) < 4.78 is 16.4. The second-order valence-electron chi connectivity index (χ2n) is 5.74. The first kappa shape index (κ1) is 15.6. The number of piperidine rings is 1. The molecule has 3 rings (SSSR count). The van der Waals surface area contributed by atoms with Crippen LogP contribution in [0.3, 0.4) is 0 Å². The quantitative estimate of drug-likeness (QED) is 0.792. The fourth-order valence-corrected chi connectivity index (χ4v) is 2.97. The maximum atomic E-state index is 12.7. The highest BCUT2D eigenvalue weighted by Gasteiger charge is 2.35. The molecule has 0 bridgehead atoms. The van der Waals surface area contributed by atoms with E-state index in [1.807, 2.05) is 18.2 Å². The lowest BCUT2D eigenvalue weighted by molar-refractivity contribution is -0.153. The second-order valence-corrected chi connectivity index (χ2v) is 5.74. The molecule has 0 unspecified atom stereocenters. The number of carbonyl (C=O) groups excluding carboxylic acids is 2. The SMILES string of the molecule is CCOC(=O)[C@@H]1CCCN(C(=O)[C@@H]2COc3ccccc3O2)C1. The van der Waals surface area contributed by atoms with E-state index in [0.29, 0.717) is 31.2 Å². The number of fused-ring (bicyclic) bond motifs is 1. The summed E-state index contributed by atoms with van der Waals surface area (Å²) in [6.07, 6.45) is 0.887. The lowest BCUT2D eigenvalue weighted by Crippen LogP contribution is -2.50. The molecule has 1 aromatic rings. The van der Waals surface area contributed by atoms with Crippen LogP contribution >= 0.6 is 0 Å². The van der Waals surface area contributed by atoms with E-state index >= 15 is 0 Å². The Bertz CT molecular complexity index is 588. The molecule has 1 saturated heterocycles. The number of rotatable bonds is 3. The zero-order valence-corrected chi connectivity index (χ0v) is 13.2. The van der Waals surface area contributed by atoms with Gasteiger partial charge in [0, 0.05) is 13.1 Å². The first-order chi connectivity index (χ1) is 11.2. The monoisotopic (exact) mass is 319 g/mol. The van der Waals surface area contributed by atoms with Crippen molar-refractivity contribution in [1.82, 2.24) is 4.90 Å². The van der Waals surface area contributed by atoms with Gasteiger partial charge < -0.3 is 19.1 Å². The van der Waals surface area contributed by atoms with Crippen LogP contribution in [0.5, 0.6) is 11.5 Å². The number of amides is 1. The number of nitrogens with zero attached hydrogens (tertiary/aromatic N) is 1. The summed E-state index contributed by atoms with van der Waals surface area (Å²) >= 11 is 0. The largest absolute Gasteiger partial charge is 0.485 e. The Morgan fingerprint density at radius 2 is 2.09 bits per heavy atom. The number of para-hydroxylation sites is 2. The molecule has 6 nitrogen and oxygen atoms in total. The van der Waals surface area contributed by atoms with Crippen molar-refractivity contribution < 1.29 is 23.8 Å². The molecule has 2 atom stereocenters. The third kappa shape index (κ3) is 3.41. The van der Waals surface area contributed by atoms with Gasteiger partial charge in [0.15, 0.2) is 11.5 Å². The number of likely N-dealkylation sites (tertiary alicyclic amines) is 1. The number of benzene rings is 1. The van der Waals surface area contributed by atoms with Crippen molar-refractivity contribution >= 4 is 11.9 Å². The average Bonchev–Trinajstić information content (AvgIpc) is 2.61. The number of esters is 1. The van der Waals surface area contributed by atoms with E-state index in [1.54, 1.807) is 17.9 Å². The Morgan fingerprint density at radius 1 is 1.30 bits per heavy atom. The van der Waals surface area contributed by atoms with E-state index in [1.165, 1.54) is 0 Å². The summed E-state index contributed by atoms with van der Waals surface area (Å²) in [5.74, 6) is 0.629. The van der Waals surface area contributed by atoms with Crippen molar-refractivity contribution in [2.24, 2.45) is 5.92 Å². The maximum absolute atomic E-state index is 12.7. The van der Waals surface area contributed by atoms with E-state index < -0.39 is 6.10 Å². The van der Waals surface area contributed by atoms with Gasteiger partial charge in [-0.3, -0.25) is 9.59 Å². The zero-order chi connectivity index (χ0) is 16.2. The highest BCUT2D eigenvalue weighted by molar-refractivity contribution is 5.83. The predicted octanol–water partition coefficient (Wildman–Crippen LogP) is 1.63. The van der Waals surface area contributed by atoms with Crippen molar-refractivity contribution in [2.75, 3.05) is 26.3 Å². The standard InChI is InChI=1S/C17H21NO5/c1-2-21-17(20)12-6-5-9-18(10-12)16(19)15-11-22-13-7-3-4-8-14(13)23-15/h3-4,7-8,12,15H,2,5-6,9-11H2,1H3/t12-,15+/m1/s1. The number of hydrogen-bond acceptors (Lipinski definition) is 5. The summed E-state index contributed by atoms with van der Waals surface area (Å²) in [6.45, 7) is 3.36. The van der Waals surface area contributed by atoms with Gasteiger partial charge in [0.25, 0.3) is 5.91 Å². The highest BCUT2D eigenvalue weighted by Crippen LogP contribution is 2.31. The van der Waals surface area contributed by atoms with Crippen LogP contribution < -0.4 is 9.47 Å². The Labute approximate surface area is 135 Å². The molecule has 2 heterocycles. The lowest BCUT2D eigenvalue weighted by atomic mass is 9.97. The van der Waals surface area contributed by atoms with Crippen LogP contribution in [0.2, 0.25) is 0 Å². The van der Waals surface area contributed by atoms with Gasteiger partial charge >= 0.3 is 5.97 Å². The average molecular weight is 319 g/mol. The predicted molar refractivity (Wildman–Crippen MR) is 82.3 cm³/mol. The third-order valence-corrected chi connectivity index (χ3v) is 4.14. The van der Waals surface area contributed by atoms with Crippen LogP contribution in [0.1, 0.15) is 19.8 Å². The molecule has 0 N–H and O–H groups in total. The molecular weight excluding hydrogens is 298 g/mol. The zero-order valence-electron chi connectivity index (χ0n) is 13.2. The molecule has 0 aromatic heterocycles. The van der Waals surface area contributed by atoms with Gasteiger partial charge in [0.05, 0.1) is 12.5 Å². The summed E-state index contributed by atoms with van der Waals surface area (Å²) in [7, 11) is 0. The van der Waals surface area contributed by atoms with Crippen molar-refractivity contribution in [1.29, 1.82) is 0 Å². The second kappa shape index (κ2) is 6.89. The Kier molecular flexibility index (Phi) is 4.69. The van der Waals surface area contributed by atoms with Gasteiger partial charge in [-0.25, -0.2) is 0 Å². The van der Waals surface area contributed by atoms with Crippen LogP contribution in [0.4, 0.5) is 0 Å². The van der Waals surface area contributed by atoms with Crippen LogP contribution in [0, 0.1) is 5.92 Å². The van der Waals surface area contributed by atoms with Gasteiger partial charge in [0.2, 0.25) is 6.10 Å². The van der Waals surface area contributed by atoms with Gasteiger partial charge in [-0.1, -0.05) is 12.1 Å². The number of hydrogen-bond donors (Lipinski definition) is 0. The normalized spacial score (nSPS) is 23.3. The molecule has 6 heteroatoms. The van der Waals surface area contributed by atoms with Gasteiger partial charge in [-0.2, -0.15) is 0 Å². The molecule has 0 spiro atoms. The molecule has 0 radical (unpaired) electrons. The minimum absolute atomic E-state index is 0.131. The van der Waals surface area contributed by atoms with E-state index in [-0.39, 0.29) is 24.4 Å². The molecular formula is C17H21NO5. The third-order valence-electron chi connectivity index (χ3n) is 4.14. The van der Waals surface area contributed by atoms with Gasteiger partial charge in [0.1, 0.15) is 6.61 Å². The molecule has 1 fully saturated rings. The fraction of sp³-hybridized carbons (Fsp3) is 0.529. The molecule has 0 saturated carbocycles. The van der Waals surface area contributed by atoms with Crippen LogP contribution in [-0.2, 0) is 14.3 Å². The molecule has 23 heavy (non-hydrogen) atoms. The van der Waals surface area contributed by atoms with Crippen LogP contribution in [0.15, 0.2) is 24.3 Å². The Morgan fingerprint density at radius 3 is 2.87 bits per heavy atom. The lowest BCUT2D eigenvalue weighted by Gasteiger charge is -2.35. The molecule has 1 aromatic carbocycles. The number of carbonyl (C=O) groups is 2. The minimum Gasteiger partial charge on any atom is -0.485 e. The van der Waals surface area contributed by atoms with E-state index in [9.17, 15) is 9.59 Å². The molecule has 124 valence electrons. The summed E-state index contributed by atoms with van der Waals surface area (Å²) in [6, 6.07) is 7.30. The van der Waals surface area contributed by atoms with Gasteiger partial charge in [-0.15, -0.1) is 0 Å². The van der Waals surface area contributed by atoms with E-state index in [2.05, 4.69) is 0 Å². The summed E-state index contributed by atoms with van der Waals surface area (Å²) in [5, 5.41) is 0. The fourth-order valence-electron chi connectivity index (χ4n) is 2.97. The Balaban J connectivity index is 1.63. The Hall–Kier alpha value is -2.24. The van der Waals surface area contributed by atoms with Crippen molar-refractivity contribution in [3.8, 4) is 11.5 Å². The molecule has 2 aliphatic heterocycles. The maximum Gasteiger partial charge on any atom is 0.310 e. The van der Waals surface area contributed by atoms with E-state index in [4.69, 9.17) is 14.2 Å². The summed E-state index contributed by atoms with van der Waals surface area (Å²) in [5.41, 5.74) is 0. The first-order valence-electron chi connectivity index (χ1n) is 8.03. The number of ether oxygens (including phenoxy) is 3. The van der Waals surface area contributed by atoms with Crippen molar-refractivity contribution in [2.45, 2.75) is 25.9 Å². The van der Waals surface area contributed by atoms with Gasteiger partial charge in [-0.05, 0) is 31.9 Å². The smallest absolute Gasteiger partial charge is 0.310 e. The minimum atomic E-state index is -0.661. The first-order valence-corrected chi connectivity index (χ1v) is 8.03. The topological polar surface area (TPSA) is 65.1 Å². The van der Waals surface area contributed by atoms with Crippen LogP contribution in [0.25, 0.3) is 0 Å². The highest BCUT2D eigenvalue weighted by atomic mass is 16.6. The van der Waals surface area contributed by atoms with Crippen molar-refractivity contribution in [3.63, 3.8) is 0 Å². The molecule has 1 amide bonds. The molecule has 0 aliphatic carbocycles.